The van der Waals surface area contributed by atoms with Crippen LogP contribution in [0.1, 0.15) is 31.7 Å². The molecule has 2 amide bonds. The molecule has 20 heavy (non-hydrogen) atoms. The SMILES string of the molecule is COc1ccc(Br)c(C2CC(=O)NC(=O)C2C(C)C)c1. The van der Waals surface area contributed by atoms with Crippen LogP contribution in [-0.2, 0) is 9.59 Å². The maximum atomic E-state index is 12.1. The van der Waals surface area contributed by atoms with Crippen molar-refractivity contribution in [3.05, 3.63) is 28.2 Å². The van der Waals surface area contributed by atoms with Crippen molar-refractivity contribution in [3.8, 4) is 5.75 Å². The quantitative estimate of drug-likeness (QED) is 0.861. The highest BCUT2D eigenvalue weighted by atomic mass is 79.9. The van der Waals surface area contributed by atoms with E-state index in [1.54, 1.807) is 7.11 Å². The average molecular weight is 340 g/mol. The molecule has 0 radical (unpaired) electrons. The van der Waals surface area contributed by atoms with E-state index in [4.69, 9.17) is 4.74 Å². The second-order valence-corrected chi connectivity index (χ2v) is 6.23. The number of amides is 2. The molecule has 0 saturated carbocycles. The smallest absolute Gasteiger partial charge is 0.230 e. The van der Waals surface area contributed by atoms with E-state index in [1.165, 1.54) is 0 Å². The van der Waals surface area contributed by atoms with Gasteiger partial charge in [-0.15, -0.1) is 0 Å². The van der Waals surface area contributed by atoms with Gasteiger partial charge < -0.3 is 4.74 Å². The topological polar surface area (TPSA) is 55.4 Å². The molecule has 1 fully saturated rings. The summed E-state index contributed by atoms with van der Waals surface area (Å²) in [6, 6.07) is 5.64. The molecule has 2 rings (SSSR count). The number of hydrogen-bond donors (Lipinski definition) is 1. The monoisotopic (exact) mass is 339 g/mol. The summed E-state index contributed by atoms with van der Waals surface area (Å²) in [7, 11) is 1.60. The van der Waals surface area contributed by atoms with Gasteiger partial charge in [-0.25, -0.2) is 0 Å². The highest BCUT2D eigenvalue weighted by Gasteiger charge is 2.39. The second-order valence-electron chi connectivity index (χ2n) is 5.38. The lowest BCUT2D eigenvalue weighted by molar-refractivity contribution is -0.138. The number of ether oxygens (including phenoxy) is 1. The van der Waals surface area contributed by atoms with E-state index in [9.17, 15) is 9.59 Å². The first-order valence-corrected chi connectivity index (χ1v) is 7.40. The van der Waals surface area contributed by atoms with Gasteiger partial charge >= 0.3 is 0 Å². The Morgan fingerprint density at radius 3 is 2.65 bits per heavy atom. The fourth-order valence-corrected chi connectivity index (χ4v) is 3.33. The minimum Gasteiger partial charge on any atom is -0.497 e. The van der Waals surface area contributed by atoms with Gasteiger partial charge in [-0.2, -0.15) is 0 Å². The van der Waals surface area contributed by atoms with Crippen molar-refractivity contribution in [3.63, 3.8) is 0 Å². The summed E-state index contributed by atoms with van der Waals surface area (Å²) < 4.78 is 6.14. The van der Waals surface area contributed by atoms with Crippen molar-refractivity contribution in [2.24, 2.45) is 11.8 Å². The molecule has 1 aromatic rings. The molecular formula is C15H18BrNO3. The van der Waals surface area contributed by atoms with Crippen LogP contribution < -0.4 is 10.1 Å². The lowest BCUT2D eigenvalue weighted by Crippen LogP contribution is -2.46. The fraction of sp³-hybridized carbons (Fsp3) is 0.467. The Labute approximate surface area is 127 Å². The summed E-state index contributed by atoms with van der Waals surface area (Å²) in [5, 5.41) is 2.43. The minimum atomic E-state index is -0.216. The summed E-state index contributed by atoms with van der Waals surface area (Å²) in [5.74, 6) is 0.148. The van der Waals surface area contributed by atoms with Gasteiger partial charge in [0.1, 0.15) is 5.75 Å². The summed E-state index contributed by atoms with van der Waals surface area (Å²) in [4.78, 5) is 23.8. The Morgan fingerprint density at radius 1 is 1.35 bits per heavy atom. The van der Waals surface area contributed by atoms with E-state index >= 15 is 0 Å². The minimum absolute atomic E-state index is 0.124. The number of halogens is 1. The van der Waals surface area contributed by atoms with Gasteiger partial charge in [0.2, 0.25) is 11.8 Å². The van der Waals surface area contributed by atoms with Crippen molar-refractivity contribution >= 4 is 27.7 Å². The Bertz CT molecular complexity index is 542. The van der Waals surface area contributed by atoms with Crippen LogP contribution in [0.3, 0.4) is 0 Å². The molecule has 2 atom stereocenters. The number of carbonyl (C=O) groups excluding carboxylic acids is 2. The van der Waals surface area contributed by atoms with Crippen molar-refractivity contribution in [2.45, 2.75) is 26.2 Å². The molecule has 1 heterocycles. The predicted molar refractivity (Wildman–Crippen MR) is 79.5 cm³/mol. The molecule has 1 aliphatic rings. The van der Waals surface area contributed by atoms with E-state index in [2.05, 4.69) is 21.2 Å². The summed E-state index contributed by atoms with van der Waals surface area (Å²) >= 11 is 3.51. The van der Waals surface area contributed by atoms with E-state index in [1.807, 2.05) is 32.0 Å². The first kappa shape index (κ1) is 15.0. The molecule has 4 nitrogen and oxygen atoms in total. The number of rotatable bonds is 3. The maximum Gasteiger partial charge on any atom is 0.230 e. The van der Waals surface area contributed by atoms with Crippen LogP contribution in [0.25, 0.3) is 0 Å². The predicted octanol–water partition coefficient (Wildman–Crippen LogP) is 2.86. The van der Waals surface area contributed by atoms with Gasteiger partial charge in [-0.1, -0.05) is 29.8 Å². The van der Waals surface area contributed by atoms with Crippen molar-refractivity contribution in [1.82, 2.24) is 5.32 Å². The van der Waals surface area contributed by atoms with Crippen LogP contribution in [0.4, 0.5) is 0 Å². The fourth-order valence-electron chi connectivity index (χ4n) is 2.78. The Kier molecular flexibility index (Phi) is 4.48. The van der Waals surface area contributed by atoms with Crippen LogP contribution in [-0.4, -0.2) is 18.9 Å². The Hall–Kier alpha value is -1.36. The molecular weight excluding hydrogens is 322 g/mol. The normalized spacial score (nSPS) is 22.9. The van der Waals surface area contributed by atoms with Crippen LogP contribution in [0.15, 0.2) is 22.7 Å². The lowest BCUT2D eigenvalue weighted by atomic mass is 9.74. The largest absolute Gasteiger partial charge is 0.497 e. The zero-order chi connectivity index (χ0) is 14.9. The zero-order valence-electron chi connectivity index (χ0n) is 11.8. The number of methoxy groups -OCH3 is 1. The van der Waals surface area contributed by atoms with Gasteiger partial charge in [-0.05, 0) is 29.7 Å². The third-order valence-electron chi connectivity index (χ3n) is 3.73. The molecule has 1 aliphatic heterocycles. The first-order chi connectivity index (χ1) is 9.43. The number of piperidine rings is 1. The van der Waals surface area contributed by atoms with Crippen molar-refractivity contribution in [2.75, 3.05) is 7.11 Å². The average Bonchev–Trinajstić information content (AvgIpc) is 2.37. The van der Waals surface area contributed by atoms with Gasteiger partial charge in [-0.3, -0.25) is 14.9 Å². The van der Waals surface area contributed by atoms with Gasteiger partial charge in [0, 0.05) is 22.7 Å². The molecule has 0 bridgehead atoms. The van der Waals surface area contributed by atoms with Crippen LogP contribution in [0, 0.1) is 11.8 Å². The molecule has 0 aliphatic carbocycles. The van der Waals surface area contributed by atoms with E-state index in [0.29, 0.717) is 6.42 Å². The summed E-state index contributed by atoms with van der Waals surface area (Å²) in [5.41, 5.74) is 0.950. The van der Waals surface area contributed by atoms with E-state index < -0.39 is 0 Å². The third kappa shape index (κ3) is 2.87. The number of hydrogen-bond acceptors (Lipinski definition) is 3. The standard InChI is InChI=1S/C15H18BrNO3/c1-8(2)14-11(7-13(18)17-15(14)19)10-6-9(20-3)4-5-12(10)16/h4-6,8,11,14H,7H2,1-3H3,(H,17,18,19). The van der Waals surface area contributed by atoms with Crippen molar-refractivity contribution in [1.29, 1.82) is 0 Å². The molecule has 1 saturated heterocycles. The molecule has 108 valence electrons. The molecule has 5 heteroatoms. The van der Waals surface area contributed by atoms with Gasteiger partial charge in [0.05, 0.1) is 7.11 Å². The van der Waals surface area contributed by atoms with Crippen LogP contribution in [0.2, 0.25) is 0 Å². The first-order valence-electron chi connectivity index (χ1n) is 6.61. The second kappa shape index (κ2) is 5.95. The molecule has 0 spiro atoms. The highest BCUT2D eigenvalue weighted by molar-refractivity contribution is 9.10. The number of nitrogens with one attached hydrogen (secondary N) is 1. The highest BCUT2D eigenvalue weighted by Crippen LogP contribution is 2.40. The molecule has 0 aromatic heterocycles. The zero-order valence-corrected chi connectivity index (χ0v) is 13.4. The third-order valence-corrected chi connectivity index (χ3v) is 4.45. The lowest BCUT2D eigenvalue weighted by Gasteiger charge is -2.33. The van der Waals surface area contributed by atoms with Crippen LogP contribution in [0.5, 0.6) is 5.75 Å². The van der Waals surface area contributed by atoms with Crippen LogP contribution >= 0.6 is 15.9 Å². The summed E-state index contributed by atoms with van der Waals surface area (Å²) in [6.07, 6.45) is 0.320. The number of carbonyl (C=O) groups is 2. The Balaban J connectivity index is 2.46. The van der Waals surface area contributed by atoms with Gasteiger partial charge in [0.15, 0.2) is 0 Å². The van der Waals surface area contributed by atoms with E-state index in [-0.39, 0.29) is 29.6 Å². The van der Waals surface area contributed by atoms with E-state index in [0.717, 1.165) is 15.8 Å². The van der Waals surface area contributed by atoms with Gasteiger partial charge in [0.25, 0.3) is 0 Å². The molecule has 1 aromatic carbocycles. The summed E-state index contributed by atoms with van der Waals surface area (Å²) in [6.45, 7) is 4.00. The maximum absolute atomic E-state index is 12.1. The number of imide groups is 1. The Morgan fingerprint density at radius 2 is 2.05 bits per heavy atom. The number of benzene rings is 1. The molecule has 1 N–H and O–H groups in total. The molecule has 2 unspecified atom stereocenters. The van der Waals surface area contributed by atoms with Crippen molar-refractivity contribution < 1.29 is 14.3 Å².